The molecule has 0 N–H and O–H groups in total. The average Bonchev–Trinajstić information content (AvgIpc) is 2.26. The van der Waals surface area contributed by atoms with Gasteiger partial charge >= 0.3 is 0 Å². The summed E-state index contributed by atoms with van der Waals surface area (Å²) in [6, 6.07) is 5.99. The van der Waals surface area contributed by atoms with Crippen molar-refractivity contribution in [3.63, 3.8) is 0 Å². The third-order valence-electron chi connectivity index (χ3n) is 3.10. The van der Waals surface area contributed by atoms with Crippen LogP contribution in [0, 0.1) is 11.3 Å². The quantitative estimate of drug-likeness (QED) is 0.576. The molecule has 0 aliphatic rings. The van der Waals surface area contributed by atoms with Crippen molar-refractivity contribution in [1.82, 2.24) is 0 Å². The second kappa shape index (κ2) is 6.99. The molecule has 108 valence electrons. The Morgan fingerprint density at radius 1 is 1.32 bits per heavy atom. The molecule has 0 saturated carbocycles. The Morgan fingerprint density at radius 2 is 1.95 bits per heavy atom. The summed E-state index contributed by atoms with van der Waals surface area (Å²) in [6.07, 6.45) is 2.14. The van der Waals surface area contributed by atoms with Gasteiger partial charge in [-0.25, -0.2) is 0 Å². The number of ether oxygens (including phenoxy) is 1. The van der Waals surface area contributed by atoms with Gasteiger partial charge in [-0.1, -0.05) is 43.6 Å². The summed E-state index contributed by atoms with van der Waals surface area (Å²) in [7, 11) is 1.69. The Balaban J connectivity index is 2.77. The molecule has 0 bridgehead atoms. The topological polar surface area (TPSA) is 9.23 Å². The summed E-state index contributed by atoms with van der Waals surface area (Å²) >= 11 is 10.1. The second-order valence-electron chi connectivity index (χ2n) is 6.46. The van der Waals surface area contributed by atoms with E-state index in [2.05, 4.69) is 49.7 Å². The van der Waals surface area contributed by atoms with E-state index in [0.717, 1.165) is 22.2 Å². The first-order valence-electron chi connectivity index (χ1n) is 6.70. The minimum Gasteiger partial charge on any atom is -0.496 e. The fourth-order valence-electron chi connectivity index (χ4n) is 2.56. The van der Waals surface area contributed by atoms with Gasteiger partial charge in [0.2, 0.25) is 0 Å². The van der Waals surface area contributed by atoms with E-state index in [1.165, 1.54) is 6.42 Å². The number of alkyl halides is 1. The highest BCUT2D eigenvalue weighted by atomic mass is 79.9. The number of hydrogen-bond acceptors (Lipinski definition) is 1. The van der Waals surface area contributed by atoms with Crippen LogP contribution in [-0.2, 0) is 0 Å². The van der Waals surface area contributed by atoms with Crippen LogP contribution in [0.5, 0.6) is 5.75 Å². The van der Waals surface area contributed by atoms with E-state index < -0.39 is 0 Å². The largest absolute Gasteiger partial charge is 0.496 e. The molecule has 0 radical (unpaired) electrons. The second-order valence-corrected chi connectivity index (χ2v) is 7.90. The summed E-state index contributed by atoms with van der Waals surface area (Å²) in [5.41, 5.74) is 1.41. The molecular weight excluding hydrogens is 324 g/mol. The van der Waals surface area contributed by atoms with E-state index >= 15 is 0 Å². The fraction of sp³-hybridized carbons (Fsp3) is 0.625. The van der Waals surface area contributed by atoms with Crippen molar-refractivity contribution in [2.24, 2.45) is 11.3 Å². The van der Waals surface area contributed by atoms with Crippen LogP contribution >= 0.6 is 27.5 Å². The third kappa shape index (κ3) is 5.74. The van der Waals surface area contributed by atoms with Crippen molar-refractivity contribution in [3.05, 3.63) is 28.2 Å². The van der Waals surface area contributed by atoms with Crippen molar-refractivity contribution in [3.8, 4) is 5.75 Å². The van der Waals surface area contributed by atoms with Crippen LogP contribution in [0.2, 0.25) is 0 Å². The predicted octanol–water partition coefficient (Wildman–Crippen LogP) is 6.20. The highest BCUT2D eigenvalue weighted by Gasteiger charge is 2.21. The van der Waals surface area contributed by atoms with Gasteiger partial charge in [-0.2, -0.15) is 0 Å². The van der Waals surface area contributed by atoms with E-state index in [1.54, 1.807) is 7.11 Å². The number of halogens is 2. The molecule has 19 heavy (non-hydrogen) atoms. The van der Waals surface area contributed by atoms with Gasteiger partial charge in [-0.05, 0) is 42.4 Å². The first-order valence-corrected chi connectivity index (χ1v) is 7.93. The van der Waals surface area contributed by atoms with E-state index in [1.807, 2.05) is 12.1 Å². The molecule has 0 fully saturated rings. The van der Waals surface area contributed by atoms with Crippen LogP contribution < -0.4 is 4.74 Å². The van der Waals surface area contributed by atoms with Crippen LogP contribution in [0.3, 0.4) is 0 Å². The average molecular weight is 348 g/mol. The van der Waals surface area contributed by atoms with Crippen molar-refractivity contribution < 1.29 is 4.74 Å². The fourth-order valence-corrected chi connectivity index (χ4v) is 3.41. The van der Waals surface area contributed by atoms with Crippen LogP contribution in [0.25, 0.3) is 0 Å². The number of methoxy groups -OCH3 is 1. The summed E-state index contributed by atoms with van der Waals surface area (Å²) in [5, 5.41) is -0.00944. The molecule has 0 aliphatic carbocycles. The number of hydrogen-bond donors (Lipinski definition) is 0. The van der Waals surface area contributed by atoms with Crippen molar-refractivity contribution in [1.29, 1.82) is 0 Å². The van der Waals surface area contributed by atoms with Crippen molar-refractivity contribution in [2.75, 3.05) is 7.11 Å². The summed E-state index contributed by atoms with van der Waals surface area (Å²) in [4.78, 5) is 0. The molecule has 1 rings (SSSR count). The molecule has 0 aliphatic heterocycles. The molecule has 1 nitrogen and oxygen atoms in total. The maximum absolute atomic E-state index is 6.58. The molecule has 0 spiro atoms. The van der Waals surface area contributed by atoms with Crippen LogP contribution in [-0.4, -0.2) is 7.11 Å². The monoisotopic (exact) mass is 346 g/mol. The van der Waals surface area contributed by atoms with Gasteiger partial charge in [-0.15, -0.1) is 11.6 Å². The molecule has 0 saturated heterocycles. The minimum atomic E-state index is -0.00944. The Labute approximate surface area is 130 Å². The first kappa shape index (κ1) is 16.8. The van der Waals surface area contributed by atoms with E-state index in [4.69, 9.17) is 16.3 Å². The zero-order chi connectivity index (χ0) is 14.6. The number of benzene rings is 1. The maximum atomic E-state index is 6.58. The Hall–Kier alpha value is -0.210. The normalized spacial score (nSPS) is 15.1. The molecule has 1 aromatic carbocycles. The summed E-state index contributed by atoms with van der Waals surface area (Å²) in [6.45, 7) is 9.08. The lowest BCUT2D eigenvalue weighted by atomic mass is 9.83. The first-order chi connectivity index (χ1) is 8.73. The molecule has 3 heteroatoms. The molecular formula is C16H24BrClO. The molecule has 2 atom stereocenters. The van der Waals surface area contributed by atoms with Gasteiger partial charge < -0.3 is 4.74 Å². The maximum Gasteiger partial charge on any atom is 0.123 e. The van der Waals surface area contributed by atoms with Gasteiger partial charge in [0, 0.05) is 10.0 Å². The highest BCUT2D eigenvalue weighted by Crippen LogP contribution is 2.38. The molecule has 0 amide bonds. The Kier molecular flexibility index (Phi) is 6.19. The zero-order valence-corrected chi connectivity index (χ0v) is 14.8. The molecule has 2 unspecified atom stereocenters. The SMILES string of the molecule is COc1ccc(Br)cc1C(Cl)CC(C)CC(C)(C)C. The summed E-state index contributed by atoms with van der Waals surface area (Å²) in [5.74, 6) is 1.46. The molecule has 0 heterocycles. The zero-order valence-electron chi connectivity index (χ0n) is 12.5. The predicted molar refractivity (Wildman–Crippen MR) is 87.1 cm³/mol. The van der Waals surface area contributed by atoms with E-state index in [-0.39, 0.29) is 5.38 Å². The summed E-state index contributed by atoms with van der Waals surface area (Å²) < 4.78 is 6.44. The van der Waals surface area contributed by atoms with Crippen LogP contribution in [0.15, 0.2) is 22.7 Å². The molecule has 0 aromatic heterocycles. The smallest absolute Gasteiger partial charge is 0.123 e. The van der Waals surface area contributed by atoms with Crippen LogP contribution in [0.1, 0.15) is 51.5 Å². The van der Waals surface area contributed by atoms with Gasteiger partial charge in [0.05, 0.1) is 12.5 Å². The van der Waals surface area contributed by atoms with Crippen molar-refractivity contribution in [2.45, 2.75) is 45.9 Å². The lowest BCUT2D eigenvalue weighted by molar-refractivity contribution is 0.294. The van der Waals surface area contributed by atoms with E-state index in [9.17, 15) is 0 Å². The number of rotatable bonds is 5. The van der Waals surface area contributed by atoms with Gasteiger partial charge in [-0.3, -0.25) is 0 Å². The third-order valence-corrected chi connectivity index (χ3v) is 4.01. The van der Waals surface area contributed by atoms with Gasteiger partial charge in [0.15, 0.2) is 0 Å². The Bertz CT molecular complexity index is 412. The van der Waals surface area contributed by atoms with Crippen LogP contribution in [0.4, 0.5) is 0 Å². The van der Waals surface area contributed by atoms with Gasteiger partial charge in [0.1, 0.15) is 5.75 Å². The lowest BCUT2D eigenvalue weighted by Crippen LogP contribution is -2.12. The molecule has 1 aromatic rings. The standard InChI is InChI=1S/C16H24BrClO/c1-11(10-16(2,3)4)8-14(18)13-9-12(17)6-7-15(13)19-5/h6-7,9,11,14H,8,10H2,1-5H3. The van der Waals surface area contributed by atoms with E-state index in [0.29, 0.717) is 11.3 Å². The van der Waals surface area contributed by atoms with Gasteiger partial charge in [0.25, 0.3) is 0 Å². The Morgan fingerprint density at radius 3 is 2.47 bits per heavy atom. The minimum absolute atomic E-state index is 0.00944. The highest BCUT2D eigenvalue weighted by molar-refractivity contribution is 9.10. The lowest BCUT2D eigenvalue weighted by Gasteiger charge is -2.25. The van der Waals surface area contributed by atoms with Crippen molar-refractivity contribution >= 4 is 27.5 Å².